The van der Waals surface area contributed by atoms with Crippen LogP contribution in [0.15, 0.2) is 34.8 Å². The van der Waals surface area contributed by atoms with Crippen LogP contribution in [-0.2, 0) is 22.4 Å². The van der Waals surface area contributed by atoms with E-state index in [4.69, 9.17) is 5.73 Å². The number of aliphatic hydroxyl groups is 3. The van der Waals surface area contributed by atoms with Gasteiger partial charge in [-0.2, -0.15) is 0 Å². The second kappa shape index (κ2) is 9.02. The van der Waals surface area contributed by atoms with Crippen molar-refractivity contribution in [1.82, 2.24) is 9.80 Å². The van der Waals surface area contributed by atoms with E-state index in [1.165, 1.54) is 11.0 Å². The first-order chi connectivity index (χ1) is 16.8. The molecule has 0 aromatic heterocycles. The van der Waals surface area contributed by atoms with Crippen molar-refractivity contribution in [2.24, 2.45) is 17.6 Å². The maximum absolute atomic E-state index is 13.7. The summed E-state index contributed by atoms with van der Waals surface area (Å²) in [5, 5.41) is 44.3. The van der Waals surface area contributed by atoms with E-state index >= 15 is 0 Å². The van der Waals surface area contributed by atoms with Crippen LogP contribution in [0.5, 0.6) is 5.75 Å². The number of nitrogens with zero attached hydrogens (tertiary/aromatic N) is 2. The van der Waals surface area contributed by atoms with Gasteiger partial charge < -0.3 is 31.1 Å². The lowest BCUT2D eigenvalue weighted by Gasteiger charge is -2.50. The van der Waals surface area contributed by atoms with Crippen molar-refractivity contribution in [1.29, 1.82) is 0 Å². The van der Waals surface area contributed by atoms with Crippen molar-refractivity contribution in [3.8, 4) is 5.75 Å². The molecule has 3 aliphatic rings. The molecule has 0 saturated carbocycles. The first-order valence-corrected chi connectivity index (χ1v) is 12.0. The highest BCUT2D eigenvalue weighted by molar-refractivity contribution is 6.24. The third-order valence-electron chi connectivity index (χ3n) is 7.75. The highest BCUT2D eigenvalue weighted by Crippen LogP contribution is 2.52. The number of hydrogen-bond donors (Lipinski definition) is 5. The van der Waals surface area contributed by atoms with Crippen LogP contribution in [0, 0.1) is 11.8 Å². The standard InChI is InChI=1S/C26H33N3O7/c1-28(2)9-5-6-12-7-8-16(30)18-14(12)10-13-11-15-20(29(3)4)22(32)19(25(27)35)24(34)26(15,36)23(33)17(13)21(18)31/h7-8,13,15,20,30,32-33,36H,5-6,9-11H2,1-4H3,(H2,27,35). The van der Waals surface area contributed by atoms with Crippen LogP contribution >= 0.6 is 0 Å². The van der Waals surface area contributed by atoms with Gasteiger partial charge in [0.25, 0.3) is 5.91 Å². The predicted molar refractivity (Wildman–Crippen MR) is 131 cm³/mol. The third-order valence-corrected chi connectivity index (χ3v) is 7.75. The first kappa shape index (κ1) is 25.9. The molecule has 1 aromatic rings. The first-order valence-electron chi connectivity index (χ1n) is 12.0. The number of allylic oxidation sites excluding steroid dienone is 1. The zero-order valence-corrected chi connectivity index (χ0v) is 20.9. The van der Waals surface area contributed by atoms with E-state index in [1.54, 1.807) is 20.2 Å². The minimum absolute atomic E-state index is 0.0538. The summed E-state index contributed by atoms with van der Waals surface area (Å²) in [6, 6.07) is 2.24. The molecule has 10 nitrogen and oxygen atoms in total. The fraction of sp³-hybridized carbons (Fsp3) is 0.500. The summed E-state index contributed by atoms with van der Waals surface area (Å²) in [6.07, 6.45) is 1.91. The number of Topliss-reactive ketones (excluding diaryl/α,β-unsaturated/α-hetero) is 2. The number of likely N-dealkylation sites (N-methyl/N-ethyl adjacent to an activating group) is 1. The molecule has 0 heterocycles. The number of nitrogens with two attached hydrogens (primary N) is 1. The van der Waals surface area contributed by atoms with E-state index in [2.05, 4.69) is 4.90 Å². The summed E-state index contributed by atoms with van der Waals surface area (Å²) in [6.45, 7) is 0.842. The average Bonchev–Trinajstić information content (AvgIpc) is 2.77. The fourth-order valence-corrected chi connectivity index (χ4v) is 6.13. The van der Waals surface area contributed by atoms with Gasteiger partial charge in [-0.3, -0.25) is 19.3 Å². The number of rotatable bonds is 6. The van der Waals surface area contributed by atoms with Gasteiger partial charge in [-0.05, 0) is 83.5 Å². The second-order valence-corrected chi connectivity index (χ2v) is 10.5. The number of phenolic OH excluding ortho intramolecular Hbond substituents is 1. The molecular formula is C26H33N3O7. The number of primary amides is 1. The molecule has 0 bridgehead atoms. The summed E-state index contributed by atoms with van der Waals surface area (Å²) in [5.41, 5.74) is 3.43. The molecule has 0 saturated heterocycles. The number of amides is 1. The molecule has 194 valence electrons. The largest absolute Gasteiger partial charge is 0.510 e. The topological polar surface area (TPSA) is 165 Å². The summed E-state index contributed by atoms with van der Waals surface area (Å²) >= 11 is 0. The lowest BCUT2D eigenvalue weighted by Crippen LogP contribution is -2.63. The minimum Gasteiger partial charge on any atom is -0.510 e. The van der Waals surface area contributed by atoms with Crippen molar-refractivity contribution in [2.45, 2.75) is 37.3 Å². The number of carbonyl (C=O) groups excluding carboxylic acids is 3. The maximum atomic E-state index is 13.7. The number of aryl methyl sites for hydroxylation is 1. The highest BCUT2D eigenvalue weighted by atomic mass is 16.3. The molecule has 0 aliphatic heterocycles. The van der Waals surface area contributed by atoms with Gasteiger partial charge in [0, 0.05) is 11.5 Å². The number of aliphatic hydroxyl groups excluding tert-OH is 2. The molecule has 0 fully saturated rings. The normalized spacial score (nSPS) is 27.9. The van der Waals surface area contributed by atoms with Crippen molar-refractivity contribution in [2.75, 3.05) is 34.7 Å². The van der Waals surface area contributed by atoms with Gasteiger partial charge in [0.2, 0.25) is 5.78 Å². The Morgan fingerprint density at radius 2 is 1.81 bits per heavy atom. The number of phenols is 1. The van der Waals surface area contributed by atoms with Crippen molar-refractivity contribution >= 4 is 17.5 Å². The molecule has 1 aromatic carbocycles. The van der Waals surface area contributed by atoms with Crippen LogP contribution < -0.4 is 5.73 Å². The van der Waals surface area contributed by atoms with Crippen LogP contribution in [-0.4, -0.2) is 94.1 Å². The van der Waals surface area contributed by atoms with E-state index in [0.29, 0.717) is 18.4 Å². The summed E-state index contributed by atoms with van der Waals surface area (Å²) in [5.74, 6) is -6.39. The number of benzene rings is 1. The third kappa shape index (κ3) is 3.71. The van der Waals surface area contributed by atoms with Gasteiger partial charge in [-0.25, -0.2) is 0 Å². The molecule has 6 N–H and O–H groups in total. The molecule has 3 aliphatic carbocycles. The van der Waals surface area contributed by atoms with Crippen molar-refractivity contribution < 1.29 is 34.8 Å². The molecule has 4 unspecified atom stereocenters. The summed E-state index contributed by atoms with van der Waals surface area (Å²) in [7, 11) is 7.15. The maximum Gasteiger partial charge on any atom is 0.255 e. The Bertz CT molecular complexity index is 1220. The quantitative estimate of drug-likeness (QED) is 0.353. The lowest BCUT2D eigenvalue weighted by molar-refractivity contribution is -0.148. The molecule has 36 heavy (non-hydrogen) atoms. The van der Waals surface area contributed by atoms with Crippen molar-refractivity contribution in [3.05, 3.63) is 51.5 Å². The molecule has 0 spiro atoms. The Morgan fingerprint density at radius 1 is 1.14 bits per heavy atom. The van der Waals surface area contributed by atoms with Gasteiger partial charge >= 0.3 is 0 Å². The smallest absolute Gasteiger partial charge is 0.255 e. The highest BCUT2D eigenvalue weighted by Gasteiger charge is 2.63. The summed E-state index contributed by atoms with van der Waals surface area (Å²) in [4.78, 5) is 42.6. The number of carbonyl (C=O) groups is 3. The molecule has 4 atom stereocenters. The fourth-order valence-electron chi connectivity index (χ4n) is 6.13. The van der Waals surface area contributed by atoms with Gasteiger partial charge in [-0.1, -0.05) is 6.07 Å². The van der Waals surface area contributed by atoms with Crippen molar-refractivity contribution in [3.63, 3.8) is 0 Å². The van der Waals surface area contributed by atoms with Gasteiger partial charge in [0.15, 0.2) is 11.4 Å². The van der Waals surface area contributed by atoms with Gasteiger partial charge in [0.1, 0.15) is 22.8 Å². The minimum atomic E-state index is -2.62. The van der Waals surface area contributed by atoms with E-state index in [9.17, 15) is 34.8 Å². The number of fused-ring (bicyclic) bond motifs is 3. The van der Waals surface area contributed by atoms with Crippen LogP contribution in [0.3, 0.4) is 0 Å². The molecule has 10 heteroatoms. The average molecular weight is 500 g/mol. The summed E-state index contributed by atoms with van der Waals surface area (Å²) < 4.78 is 0. The zero-order valence-electron chi connectivity index (χ0n) is 20.9. The van der Waals surface area contributed by atoms with Crippen LogP contribution in [0.4, 0.5) is 0 Å². The van der Waals surface area contributed by atoms with E-state index in [-0.39, 0.29) is 23.3 Å². The number of hydrogen-bond acceptors (Lipinski definition) is 9. The lowest BCUT2D eigenvalue weighted by atomic mass is 9.58. The van der Waals surface area contributed by atoms with Crippen LogP contribution in [0.25, 0.3) is 0 Å². The Morgan fingerprint density at radius 3 is 2.39 bits per heavy atom. The Kier molecular flexibility index (Phi) is 6.48. The SMILES string of the molecule is CN(C)CCCc1ccc(O)c2c1CC1CC3C(N(C)C)C(O)=C(C(N)=O)C(=O)C3(O)C(O)=C1C2=O. The van der Waals surface area contributed by atoms with Gasteiger partial charge in [-0.15, -0.1) is 0 Å². The number of aromatic hydroxyl groups is 1. The molecular weight excluding hydrogens is 466 g/mol. The molecule has 1 amide bonds. The van der Waals surface area contributed by atoms with Gasteiger partial charge in [0.05, 0.1) is 11.6 Å². The van der Waals surface area contributed by atoms with E-state index < -0.39 is 58.0 Å². The second-order valence-electron chi connectivity index (χ2n) is 10.5. The molecule has 4 rings (SSSR count). The zero-order chi connectivity index (χ0) is 26.7. The predicted octanol–water partition coefficient (Wildman–Crippen LogP) is 0.615. The number of ketones is 2. The van der Waals surface area contributed by atoms with Crippen LogP contribution in [0.1, 0.15) is 34.3 Å². The van der Waals surface area contributed by atoms with Crippen LogP contribution in [0.2, 0.25) is 0 Å². The van der Waals surface area contributed by atoms with E-state index in [1.807, 2.05) is 14.1 Å². The van der Waals surface area contributed by atoms with E-state index in [0.717, 1.165) is 18.5 Å². The molecule has 0 radical (unpaired) electrons. The monoisotopic (exact) mass is 499 g/mol. The Labute approximate surface area is 209 Å². The Balaban J connectivity index is 1.86. The Hall–Kier alpha value is -3.21.